The highest BCUT2D eigenvalue weighted by Gasteiger charge is 2.21. The molecule has 128 valence electrons. The second kappa shape index (κ2) is 6.72. The van der Waals surface area contributed by atoms with E-state index in [2.05, 4.69) is 20.6 Å². The summed E-state index contributed by atoms with van der Waals surface area (Å²) in [4.78, 5) is 12.2. The summed E-state index contributed by atoms with van der Waals surface area (Å²) < 4.78 is 1.71. The van der Waals surface area contributed by atoms with Crippen LogP contribution < -0.4 is 5.32 Å². The first-order chi connectivity index (χ1) is 12.2. The van der Waals surface area contributed by atoms with Gasteiger partial charge in [-0.15, -0.1) is 0 Å². The summed E-state index contributed by atoms with van der Waals surface area (Å²) >= 11 is 6.00. The van der Waals surface area contributed by atoms with Gasteiger partial charge in [0.15, 0.2) is 5.82 Å². The van der Waals surface area contributed by atoms with Gasteiger partial charge in [-0.1, -0.05) is 24.1 Å². The molecule has 1 aliphatic carbocycles. The lowest BCUT2D eigenvalue weighted by molar-refractivity contribution is -0.115. The van der Waals surface area contributed by atoms with Gasteiger partial charge in [0.1, 0.15) is 0 Å². The minimum absolute atomic E-state index is 0.114. The van der Waals surface area contributed by atoms with Crippen molar-refractivity contribution in [1.29, 1.82) is 0 Å². The van der Waals surface area contributed by atoms with Crippen molar-refractivity contribution in [2.75, 3.05) is 5.32 Å². The van der Waals surface area contributed by atoms with Crippen LogP contribution in [0, 0.1) is 0 Å². The number of rotatable bonds is 5. The highest BCUT2D eigenvalue weighted by molar-refractivity contribution is 6.30. The van der Waals surface area contributed by atoms with Gasteiger partial charge in [-0.25, -0.2) is 4.68 Å². The molecule has 0 saturated heterocycles. The Labute approximate surface area is 150 Å². The molecule has 1 amide bonds. The molecule has 0 unspecified atom stereocenters. The molecule has 1 aliphatic rings. The van der Waals surface area contributed by atoms with E-state index in [9.17, 15) is 4.79 Å². The van der Waals surface area contributed by atoms with E-state index in [1.54, 1.807) is 10.9 Å². The maximum Gasteiger partial charge on any atom is 0.230 e. The molecule has 0 spiro atoms. The van der Waals surface area contributed by atoms with Crippen LogP contribution in [0.5, 0.6) is 0 Å². The average Bonchev–Trinajstić information content (AvgIpc) is 3.15. The topological polar surface area (TPSA) is 75.6 Å². The van der Waals surface area contributed by atoms with Crippen LogP contribution in [0.25, 0.3) is 5.69 Å². The molecule has 0 aliphatic heterocycles. The Bertz CT molecular complexity index is 896. The van der Waals surface area contributed by atoms with E-state index in [0.717, 1.165) is 16.9 Å². The van der Waals surface area contributed by atoms with E-state index in [4.69, 9.17) is 11.6 Å². The number of H-pyrrole nitrogens is 1. The molecule has 4 rings (SSSR count). The third-order valence-electron chi connectivity index (χ3n) is 4.48. The number of hydrogen-bond acceptors (Lipinski definition) is 3. The van der Waals surface area contributed by atoms with E-state index in [-0.39, 0.29) is 12.3 Å². The summed E-state index contributed by atoms with van der Waals surface area (Å²) in [6.45, 7) is 0. The minimum Gasteiger partial charge on any atom is -0.309 e. The average molecular weight is 356 g/mol. The number of nitrogens with one attached hydrogen (secondary N) is 2. The van der Waals surface area contributed by atoms with Crippen LogP contribution in [0.15, 0.2) is 42.7 Å². The predicted molar refractivity (Wildman–Crippen MR) is 96.1 cm³/mol. The first-order valence-corrected chi connectivity index (χ1v) is 8.70. The SMILES string of the molecule is O=C(Cc1cnn(-c2cccc(Cl)c2)c1)Nc1cc(C2CCC2)[nH]n1. The molecule has 6 nitrogen and oxygen atoms in total. The summed E-state index contributed by atoms with van der Waals surface area (Å²) in [6, 6.07) is 9.34. The first kappa shape index (κ1) is 15.9. The van der Waals surface area contributed by atoms with Crippen LogP contribution >= 0.6 is 11.6 Å². The fourth-order valence-electron chi connectivity index (χ4n) is 2.91. The van der Waals surface area contributed by atoms with Gasteiger partial charge in [-0.2, -0.15) is 10.2 Å². The smallest absolute Gasteiger partial charge is 0.230 e. The van der Waals surface area contributed by atoms with Crippen molar-refractivity contribution in [3.05, 3.63) is 59.0 Å². The summed E-state index contributed by atoms with van der Waals surface area (Å²) in [5.41, 5.74) is 2.79. The predicted octanol–water partition coefficient (Wildman–Crippen LogP) is 3.70. The highest BCUT2D eigenvalue weighted by Crippen LogP contribution is 2.35. The Balaban J connectivity index is 1.38. The van der Waals surface area contributed by atoms with Crippen LogP contribution in [0.2, 0.25) is 5.02 Å². The Kier molecular flexibility index (Phi) is 4.28. The van der Waals surface area contributed by atoms with Gasteiger partial charge in [-0.3, -0.25) is 9.89 Å². The third kappa shape index (κ3) is 3.58. The Morgan fingerprint density at radius 1 is 1.36 bits per heavy atom. The zero-order valence-electron chi connectivity index (χ0n) is 13.6. The number of aromatic amines is 1. The van der Waals surface area contributed by atoms with Gasteiger partial charge in [0, 0.05) is 28.9 Å². The van der Waals surface area contributed by atoms with Crippen LogP contribution in [0.1, 0.15) is 36.4 Å². The summed E-state index contributed by atoms with van der Waals surface area (Å²) in [7, 11) is 0. The van der Waals surface area contributed by atoms with Crippen molar-refractivity contribution >= 4 is 23.3 Å². The third-order valence-corrected chi connectivity index (χ3v) is 4.72. The van der Waals surface area contributed by atoms with E-state index in [1.807, 2.05) is 36.5 Å². The van der Waals surface area contributed by atoms with Gasteiger partial charge in [0.05, 0.1) is 18.3 Å². The fraction of sp³-hybridized carbons (Fsp3) is 0.278. The normalized spacial score (nSPS) is 14.3. The second-order valence-corrected chi connectivity index (χ2v) is 6.77. The molecule has 2 heterocycles. The van der Waals surface area contributed by atoms with Crippen LogP contribution in [0.4, 0.5) is 5.82 Å². The van der Waals surface area contributed by atoms with Gasteiger partial charge >= 0.3 is 0 Å². The summed E-state index contributed by atoms with van der Waals surface area (Å²) in [5, 5.41) is 15.0. The maximum atomic E-state index is 12.2. The standard InChI is InChI=1S/C18H18ClN5O/c19-14-5-2-6-15(8-14)24-11-12(10-20-24)7-18(25)21-17-9-16(22-23-17)13-3-1-4-13/h2,5-6,8-11,13H,1,3-4,7H2,(H2,21,22,23,25). The monoisotopic (exact) mass is 355 g/mol. The fourth-order valence-corrected chi connectivity index (χ4v) is 3.10. The Morgan fingerprint density at radius 2 is 2.24 bits per heavy atom. The lowest BCUT2D eigenvalue weighted by Crippen LogP contribution is -2.14. The molecular formula is C18H18ClN5O. The van der Waals surface area contributed by atoms with Crippen molar-refractivity contribution in [1.82, 2.24) is 20.0 Å². The highest BCUT2D eigenvalue weighted by atomic mass is 35.5. The van der Waals surface area contributed by atoms with Gasteiger partial charge in [-0.05, 0) is 36.6 Å². The van der Waals surface area contributed by atoms with Gasteiger partial charge in [0.25, 0.3) is 0 Å². The summed E-state index contributed by atoms with van der Waals surface area (Å²) in [6.07, 6.45) is 7.41. The number of halogens is 1. The van der Waals surface area contributed by atoms with Gasteiger partial charge in [0.2, 0.25) is 5.91 Å². The van der Waals surface area contributed by atoms with E-state index >= 15 is 0 Å². The molecule has 0 radical (unpaired) electrons. The maximum absolute atomic E-state index is 12.2. The number of nitrogens with zero attached hydrogens (tertiary/aromatic N) is 3. The number of anilines is 1. The number of carbonyl (C=O) groups is 1. The minimum atomic E-state index is -0.114. The molecule has 25 heavy (non-hydrogen) atoms. The molecule has 3 aromatic rings. The Hall–Kier alpha value is -2.60. The number of carbonyl (C=O) groups excluding carboxylic acids is 1. The lowest BCUT2D eigenvalue weighted by atomic mass is 9.83. The van der Waals surface area contributed by atoms with Crippen molar-refractivity contribution < 1.29 is 4.79 Å². The van der Waals surface area contributed by atoms with Crippen LogP contribution in [-0.4, -0.2) is 25.9 Å². The largest absolute Gasteiger partial charge is 0.309 e. The molecule has 0 atom stereocenters. The first-order valence-electron chi connectivity index (χ1n) is 8.32. The number of amides is 1. The molecule has 2 aromatic heterocycles. The molecule has 7 heteroatoms. The molecule has 0 bridgehead atoms. The Morgan fingerprint density at radius 3 is 3.00 bits per heavy atom. The quantitative estimate of drug-likeness (QED) is 0.732. The molecular weight excluding hydrogens is 338 g/mol. The molecule has 1 saturated carbocycles. The van der Waals surface area contributed by atoms with Crippen LogP contribution in [0.3, 0.4) is 0 Å². The van der Waals surface area contributed by atoms with Crippen molar-refractivity contribution in [3.8, 4) is 5.69 Å². The lowest BCUT2D eigenvalue weighted by Gasteiger charge is -2.23. The molecule has 1 fully saturated rings. The van der Waals surface area contributed by atoms with Crippen molar-refractivity contribution in [2.45, 2.75) is 31.6 Å². The molecule has 1 aromatic carbocycles. The van der Waals surface area contributed by atoms with Gasteiger partial charge < -0.3 is 5.32 Å². The van der Waals surface area contributed by atoms with Crippen molar-refractivity contribution in [2.24, 2.45) is 0 Å². The second-order valence-electron chi connectivity index (χ2n) is 6.33. The van der Waals surface area contributed by atoms with Crippen molar-refractivity contribution in [3.63, 3.8) is 0 Å². The molecule has 2 N–H and O–H groups in total. The van der Waals surface area contributed by atoms with E-state index < -0.39 is 0 Å². The van der Waals surface area contributed by atoms with E-state index in [1.165, 1.54) is 19.3 Å². The van der Waals surface area contributed by atoms with Crippen LogP contribution in [-0.2, 0) is 11.2 Å². The zero-order chi connectivity index (χ0) is 17.2. The number of hydrogen-bond donors (Lipinski definition) is 2. The van der Waals surface area contributed by atoms with E-state index in [0.29, 0.717) is 16.8 Å². The number of aromatic nitrogens is 4. The zero-order valence-corrected chi connectivity index (χ0v) is 14.3. The summed E-state index contributed by atoms with van der Waals surface area (Å²) in [5.74, 6) is 1.03. The number of benzene rings is 1.